The molecule has 0 bridgehead atoms. The zero-order chi connectivity index (χ0) is 11.4. The molecule has 1 aromatic heterocycles. The molecule has 2 atom stereocenters. The Morgan fingerprint density at radius 3 is 2.47 bits per heavy atom. The lowest BCUT2D eigenvalue weighted by atomic mass is 9.88. The van der Waals surface area contributed by atoms with Crippen LogP contribution in [0.2, 0.25) is 0 Å². The van der Waals surface area contributed by atoms with E-state index < -0.39 is 0 Å². The van der Waals surface area contributed by atoms with Crippen molar-refractivity contribution in [1.29, 1.82) is 0 Å². The molecule has 86 valence electrons. The first-order valence-corrected chi connectivity index (χ1v) is 6.86. The topological polar surface area (TPSA) is 38.0 Å². The highest BCUT2D eigenvalue weighted by molar-refractivity contribution is 9.11. The number of thiophene rings is 1. The molecule has 0 saturated carbocycles. The molecule has 0 radical (unpaired) electrons. The summed E-state index contributed by atoms with van der Waals surface area (Å²) >= 11 is 5.26. The van der Waals surface area contributed by atoms with Gasteiger partial charge in [0.2, 0.25) is 0 Å². The minimum absolute atomic E-state index is 0.357. The number of nitrogens with two attached hydrogens (primary N) is 1. The average molecular weight is 291 g/mol. The van der Waals surface area contributed by atoms with Crippen molar-refractivity contribution >= 4 is 27.3 Å². The Bertz CT molecular complexity index is 299. The molecule has 0 saturated heterocycles. The van der Waals surface area contributed by atoms with Crippen molar-refractivity contribution in [2.75, 3.05) is 0 Å². The summed E-state index contributed by atoms with van der Waals surface area (Å²) in [6.45, 7) is 6.72. The Morgan fingerprint density at radius 2 is 2.07 bits per heavy atom. The van der Waals surface area contributed by atoms with E-state index in [1.807, 2.05) is 0 Å². The second-order valence-corrected chi connectivity index (χ2v) is 6.83. The predicted molar refractivity (Wildman–Crippen MR) is 70.8 cm³/mol. The van der Waals surface area contributed by atoms with Crippen molar-refractivity contribution < 1.29 is 0 Å². The SMILES string of the molecule is CC(C)C(C)C(Cc1ccc(Br)s1)NN. The number of hydrazine groups is 1. The highest BCUT2D eigenvalue weighted by Crippen LogP contribution is 2.25. The quantitative estimate of drug-likeness (QED) is 0.646. The molecule has 0 spiro atoms. The van der Waals surface area contributed by atoms with Gasteiger partial charge in [0.05, 0.1) is 3.79 Å². The molecule has 4 heteroatoms. The summed E-state index contributed by atoms with van der Waals surface area (Å²) in [5.74, 6) is 6.84. The van der Waals surface area contributed by atoms with Crippen LogP contribution >= 0.6 is 27.3 Å². The number of nitrogens with one attached hydrogen (secondary N) is 1. The smallest absolute Gasteiger partial charge is 0.0701 e. The molecule has 1 heterocycles. The van der Waals surface area contributed by atoms with E-state index in [4.69, 9.17) is 5.84 Å². The molecule has 0 aliphatic rings. The zero-order valence-electron chi connectivity index (χ0n) is 9.46. The Kier molecular flexibility index (Phi) is 5.26. The van der Waals surface area contributed by atoms with Crippen molar-refractivity contribution in [3.63, 3.8) is 0 Å². The van der Waals surface area contributed by atoms with E-state index in [1.165, 1.54) is 8.66 Å². The highest BCUT2D eigenvalue weighted by Gasteiger charge is 2.19. The van der Waals surface area contributed by atoms with Gasteiger partial charge in [-0.05, 0) is 46.3 Å². The maximum absolute atomic E-state index is 5.61. The Labute approximate surface area is 104 Å². The summed E-state index contributed by atoms with van der Waals surface area (Å²) in [4.78, 5) is 1.37. The summed E-state index contributed by atoms with van der Waals surface area (Å²) in [7, 11) is 0. The summed E-state index contributed by atoms with van der Waals surface area (Å²) in [5, 5.41) is 0. The second-order valence-electron chi connectivity index (χ2n) is 4.29. The van der Waals surface area contributed by atoms with Gasteiger partial charge in [0.15, 0.2) is 0 Å². The number of hydrogen-bond acceptors (Lipinski definition) is 3. The molecule has 15 heavy (non-hydrogen) atoms. The van der Waals surface area contributed by atoms with Crippen LogP contribution in [0.5, 0.6) is 0 Å². The van der Waals surface area contributed by atoms with Gasteiger partial charge < -0.3 is 0 Å². The number of rotatable bonds is 5. The van der Waals surface area contributed by atoms with Crippen LogP contribution < -0.4 is 11.3 Å². The summed E-state index contributed by atoms with van der Waals surface area (Å²) < 4.78 is 1.19. The minimum atomic E-state index is 0.357. The van der Waals surface area contributed by atoms with Gasteiger partial charge >= 0.3 is 0 Å². The number of halogens is 1. The predicted octanol–water partition coefficient (Wildman–Crippen LogP) is 3.18. The van der Waals surface area contributed by atoms with Crippen LogP contribution in [0.4, 0.5) is 0 Å². The lowest BCUT2D eigenvalue weighted by Gasteiger charge is -2.25. The van der Waals surface area contributed by atoms with Gasteiger partial charge in [-0.2, -0.15) is 0 Å². The molecule has 0 amide bonds. The summed E-state index contributed by atoms with van der Waals surface area (Å²) in [5.41, 5.74) is 2.93. The van der Waals surface area contributed by atoms with Crippen LogP contribution in [0, 0.1) is 11.8 Å². The second kappa shape index (κ2) is 5.99. The summed E-state index contributed by atoms with van der Waals surface area (Å²) in [6, 6.07) is 4.61. The van der Waals surface area contributed by atoms with Crippen LogP contribution in [-0.4, -0.2) is 6.04 Å². The van der Waals surface area contributed by atoms with Crippen LogP contribution in [0.3, 0.4) is 0 Å². The van der Waals surface area contributed by atoms with E-state index in [9.17, 15) is 0 Å². The fraction of sp³-hybridized carbons (Fsp3) is 0.636. The minimum Gasteiger partial charge on any atom is -0.271 e. The molecule has 0 fully saturated rings. The van der Waals surface area contributed by atoms with Crippen molar-refractivity contribution in [1.82, 2.24) is 5.43 Å². The van der Waals surface area contributed by atoms with Gasteiger partial charge in [0.25, 0.3) is 0 Å². The molecule has 2 unspecified atom stereocenters. The molecule has 2 nitrogen and oxygen atoms in total. The third-order valence-electron chi connectivity index (χ3n) is 2.95. The zero-order valence-corrected chi connectivity index (χ0v) is 11.9. The standard InChI is InChI=1S/C11H19BrN2S/c1-7(2)8(3)10(14-13)6-9-4-5-11(12)15-9/h4-5,7-8,10,14H,6,13H2,1-3H3. The molecule has 0 aromatic carbocycles. The monoisotopic (exact) mass is 290 g/mol. The van der Waals surface area contributed by atoms with Gasteiger partial charge in [-0.25, -0.2) is 0 Å². The fourth-order valence-corrected chi connectivity index (χ4v) is 3.08. The van der Waals surface area contributed by atoms with Crippen molar-refractivity contribution in [3.8, 4) is 0 Å². The van der Waals surface area contributed by atoms with Crippen LogP contribution in [-0.2, 0) is 6.42 Å². The van der Waals surface area contributed by atoms with Gasteiger partial charge in [-0.1, -0.05) is 20.8 Å². The van der Waals surface area contributed by atoms with E-state index in [0.29, 0.717) is 17.9 Å². The van der Waals surface area contributed by atoms with Crippen LogP contribution in [0.25, 0.3) is 0 Å². The van der Waals surface area contributed by atoms with Gasteiger partial charge in [-0.15, -0.1) is 11.3 Å². The first-order valence-electron chi connectivity index (χ1n) is 5.25. The van der Waals surface area contributed by atoms with E-state index in [-0.39, 0.29) is 0 Å². The molecule has 1 rings (SSSR count). The molecule has 0 aliphatic carbocycles. The van der Waals surface area contributed by atoms with E-state index in [1.54, 1.807) is 11.3 Å². The van der Waals surface area contributed by atoms with Gasteiger partial charge in [-0.3, -0.25) is 11.3 Å². The van der Waals surface area contributed by atoms with Gasteiger partial charge in [0, 0.05) is 10.9 Å². The van der Waals surface area contributed by atoms with Gasteiger partial charge in [0.1, 0.15) is 0 Å². The maximum atomic E-state index is 5.61. The highest BCUT2D eigenvalue weighted by atomic mass is 79.9. The lowest BCUT2D eigenvalue weighted by Crippen LogP contribution is -2.43. The van der Waals surface area contributed by atoms with E-state index in [0.717, 1.165) is 6.42 Å². The molecular weight excluding hydrogens is 272 g/mol. The number of hydrogen-bond donors (Lipinski definition) is 2. The maximum Gasteiger partial charge on any atom is 0.0701 e. The van der Waals surface area contributed by atoms with E-state index >= 15 is 0 Å². The van der Waals surface area contributed by atoms with Crippen molar-refractivity contribution in [3.05, 3.63) is 20.8 Å². The third-order valence-corrected chi connectivity index (χ3v) is 4.60. The fourth-order valence-electron chi connectivity index (χ4n) is 1.54. The summed E-state index contributed by atoms with van der Waals surface area (Å²) in [6.07, 6.45) is 1.01. The molecule has 3 N–H and O–H groups in total. The first-order chi connectivity index (χ1) is 7.04. The third kappa shape index (κ3) is 3.87. The van der Waals surface area contributed by atoms with Crippen LogP contribution in [0.15, 0.2) is 15.9 Å². The van der Waals surface area contributed by atoms with E-state index in [2.05, 4.69) is 54.3 Å². The molecule has 0 aliphatic heterocycles. The Morgan fingerprint density at radius 1 is 1.40 bits per heavy atom. The Balaban J connectivity index is 2.61. The normalized spacial score (nSPS) is 15.6. The Hall–Kier alpha value is 0.1000. The van der Waals surface area contributed by atoms with Crippen LogP contribution in [0.1, 0.15) is 25.6 Å². The lowest BCUT2D eigenvalue weighted by molar-refractivity contribution is 0.300. The average Bonchev–Trinajstić information content (AvgIpc) is 2.59. The molecular formula is C11H19BrN2S. The van der Waals surface area contributed by atoms with Crippen molar-refractivity contribution in [2.45, 2.75) is 33.2 Å². The molecule has 1 aromatic rings. The largest absolute Gasteiger partial charge is 0.271 e. The first kappa shape index (κ1) is 13.2. The van der Waals surface area contributed by atoms with Crippen molar-refractivity contribution in [2.24, 2.45) is 17.7 Å².